The van der Waals surface area contributed by atoms with Gasteiger partial charge in [-0.2, -0.15) is 0 Å². The first kappa shape index (κ1) is 15.5. The molecule has 1 heterocycles. The summed E-state index contributed by atoms with van der Waals surface area (Å²) < 4.78 is 5.28. The normalized spacial score (nSPS) is 27.6. The number of rotatable bonds is 5. The molecule has 0 spiro atoms. The van der Waals surface area contributed by atoms with Gasteiger partial charge in [-0.05, 0) is 39.0 Å². The van der Waals surface area contributed by atoms with E-state index in [9.17, 15) is 9.59 Å². The number of Topliss-reactive ketones (excluding diaryl/α,β-unsaturated/α-hetero) is 1. The summed E-state index contributed by atoms with van der Waals surface area (Å²) in [7, 11) is 0. The second kappa shape index (κ2) is 7.77. The van der Waals surface area contributed by atoms with E-state index in [2.05, 4.69) is 0 Å². The van der Waals surface area contributed by atoms with Gasteiger partial charge in [-0.3, -0.25) is 9.59 Å². The monoisotopic (exact) mass is 281 g/mol. The van der Waals surface area contributed by atoms with Gasteiger partial charge >= 0.3 is 0 Å². The molecule has 2 atom stereocenters. The van der Waals surface area contributed by atoms with Gasteiger partial charge < -0.3 is 9.64 Å². The number of piperidine rings is 1. The number of carbonyl (C=O) groups excluding carboxylic acids is 2. The third kappa shape index (κ3) is 3.81. The van der Waals surface area contributed by atoms with Crippen LogP contribution in [-0.2, 0) is 14.3 Å². The topological polar surface area (TPSA) is 46.6 Å². The molecule has 4 heteroatoms. The van der Waals surface area contributed by atoms with Gasteiger partial charge in [-0.1, -0.05) is 6.42 Å². The molecule has 0 N–H and O–H groups in total. The second-order valence-electron chi connectivity index (χ2n) is 5.92. The predicted molar refractivity (Wildman–Crippen MR) is 77.4 cm³/mol. The molecular weight excluding hydrogens is 254 g/mol. The lowest BCUT2D eigenvalue weighted by molar-refractivity contribution is -0.140. The summed E-state index contributed by atoms with van der Waals surface area (Å²) in [5.41, 5.74) is 0. The molecule has 20 heavy (non-hydrogen) atoms. The minimum atomic E-state index is 0.0973. The van der Waals surface area contributed by atoms with Crippen molar-refractivity contribution in [1.29, 1.82) is 0 Å². The van der Waals surface area contributed by atoms with Crippen LogP contribution in [0.15, 0.2) is 0 Å². The molecule has 1 aliphatic carbocycles. The Morgan fingerprint density at radius 1 is 1.25 bits per heavy atom. The molecule has 0 radical (unpaired) electrons. The lowest BCUT2D eigenvalue weighted by atomic mass is 9.79. The first-order valence-corrected chi connectivity index (χ1v) is 8.14. The molecule has 114 valence electrons. The second-order valence-corrected chi connectivity index (χ2v) is 5.92. The molecule has 1 aliphatic heterocycles. The van der Waals surface area contributed by atoms with Crippen LogP contribution in [0.1, 0.15) is 58.3 Å². The first-order valence-electron chi connectivity index (χ1n) is 8.14. The average molecular weight is 281 g/mol. The maximum Gasteiger partial charge on any atom is 0.225 e. The number of hydrogen-bond donors (Lipinski definition) is 0. The Bertz CT molecular complexity index is 343. The Labute approximate surface area is 121 Å². The highest BCUT2D eigenvalue weighted by molar-refractivity contribution is 5.84. The molecule has 0 aromatic carbocycles. The van der Waals surface area contributed by atoms with E-state index in [4.69, 9.17) is 4.74 Å². The van der Waals surface area contributed by atoms with Gasteiger partial charge in [0.15, 0.2) is 0 Å². The van der Waals surface area contributed by atoms with E-state index in [1.165, 1.54) is 0 Å². The summed E-state index contributed by atoms with van der Waals surface area (Å²) in [6.45, 7) is 3.91. The predicted octanol–water partition coefficient (Wildman–Crippen LogP) is 2.55. The van der Waals surface area contributed by atoms with Crippen molar-refractivity contribution in [3.63, 3.8) is 0 Å². The molecule has 2 unspecified atom stereocenters. The van der Waals surface area contributed by atoms with Crippen molar-refractivity contribution in [2.45, 2.75) is 64.3 Å². The maximum atomic E-state index is 12.4. The van der Waals surface area contributed by atoms with E-state index in [-0.39, 0.29) is 17.9 Å². The fraction of sp³-hybridized carbons (Fsp3) is 0.875. The number of ether oxygens (including phenoxy) is 1. The van der Waals surface area contributed by atoms with Crippen molar-refractivity contribution in [3.8, 4) is 0 Å². The molecule has 0 aromatic rings. The van der Waals surface area contributed by atoms with E-state index >= 15 is 0 Å². The Hall–Kier alpha value is -0.900. The summed E-state index contributed by atoms with van der Waals surface area (Å²) in [4.78, 5) is 26.5. The molecule has 2 rings (SSSR count). The van der Waals surface area contributed by atoms with Crippen LogP contribution in [0.5, 0.6) is 0 Å². The Balaban J connectivity index is 1.97. The maximum absolute atomic E-state index is 12.4. The Morgan fingerprint density at radius 3 is 2.80 bits per heavy atom. The number of nitrogens with zero attached hydrogens (tertiary/aromatic N) is 1. The zero-order valence-corrected chi connectivity index (χ0v) is 12.6. The summed E-state index contributed by atoms with van der Waals surface area (Å²) >= 11 is 0. The van der Waals surface area contributed by atoms with E-state index in [0.717, 1.165) is 45.1 Å². The van der Waals surface area contributed by atoms with Crippen LogP contribution in [-0.4, -0.2) is 42.4 Å². The number of likely N-dealkylation sites (tertiary alicyclic amines) is 1. The van der Waals surface area contributed by atoms with Gasteiger partial charge in [-0.25, -0.2) is 0 Å². The van der Waals surface area contributed by atoms with Crippen molar-refractivity contribution in [2.75, 3.05) is 19.8 Å². The van der Waals surface area contributed by atoms with Crippen LogP contribution in [0.25, 0.3) is 0 Å². The minimum absolute atomic E-state index is 0.0973. The molecule has 1 saturated heterocycles. The highest BCUT2D eigenvalue weighted by Gasteiger charge is 2.37. The van der Waals surface area contributed by atoms with Crippen molar-refractivity contribution < 1.29 is 14.3 Å². The highest BCUT2D eigenvalue weighted by atomic mass is 16.5. The van der Waals surface area contributed by atoms with Crippen molar-refractivity contribution in [1.82, 2.24) is 4.90 Å². The van der Waals surface area contributed by atoms with Crippen LogP contribution in [0.4, 0.5) is 0 Å². The summed E-state index contributed by atoms with van der Waals surface area (Å²) in [5, 5.41) is 0. The lowest BCUT2D eigenvalue weighted by Crippen LogP contribution is -2.50. The van der Waals surface area contributed by atoms with Crippen LogP contribution < -0.4 is 0 Å². The molecule has 0 bridgehead atoms. The van der Waals surface area contributed by atoms with Crippen LogP contribution >= 0.6 is 0 Å². The lowest BCUT2D eigenvalue weighted by Gasteiger charge is -2.41. The Morgan fingerprint density at radius 2 is 2.05 bits per heavy atom. The zero-order chi connectivity index (χ0) is 14.4. The van der Waals surface area contributed by atoms with E-state index in [0.29, 0.717) is 31.8 Å². The third-order valence-electron chi connectivity index (χ3n) is 4.60. The van der Waals surface area contributed by atoms with E-state index in [1.54, 1.807) is 0 Å². The van der Waals surface area contributed by atoms with Crippen molar-refractivity contribution >= 4 is 11.7 Å². The fourth-order valence-corrected chi connectivity index (χ4v) is 3.55. The Kier molecular flexibility index (Phi) is 6.02. The molecule has 4 nitrogen and oxygen atoms in total. The SMILES string of the molecule is CCOCCC(=O)N1CCCCC1C1CCCCC1=O. The smallest absolute Gasteiger partial charge is 0.225 e. The largest absolute Gasteiger partial charge is 0.381 e. The van der Waals surface area contributed by atoms with Crippen LogP contribution in [0, 0.1) is 5.92 Å². The van der Waals surface area contributed by atoms with Gasteiger partial charge in [0.25, 0.3) is 0 Å². The minimum Gasteiger partial charge on any atom is -0.381 e. The quantitative estimate of drug-likeness (QED) is 0.728. The van der Waals surface area contributed by atoms with Crippen molar-refractivity contribution in [3.05, 3.63) is 0 Å². The average Bonchev–Trinajstić information content (AvgIpc) is 2.48. The summed E-state index contributed by atoms with van der Waals surface area (Å²) in [6.07, 6.45) is 7.50. The first-order chi connectivity index (χ1) is 9.74. The molecular formula is C16H27NO3. The number of carbonyl (C=O) groups is 2. The third-order valence-corrected chi connectivity index (χ3v) is 4.60. The molecule has 0 aromatic heterocycles. The molecule has 2 fully saturated rings. The standard InChI is InChI=1S/C16H27NO3/c1-2-20-12-10-16(19)17-11-6-5-8-14(17)13-7-3-4-9-15(13)18/h13-14H,2-12H2,1H3. The summed E-state index contributed by atoms with van der Waals surface area (Å²) in [6, 6.07) is 0.158. The number of ketones is 1. The van der Waals surface area contributed by atoms with Gasteiger partial charge in [0.2, 0.25) is 5.91 Å². The van der Waals surface area contributed by atoms with Crippen LogP contribution in [0.2, 0.25) is 0 Å². The van der Waals surface area contributed by atoms with Gasteiger partial charge in [0.05, 0.1) is 13.0 Å². The van der Waals surface area contributed by atoms with Gasteiger partial charge in [-0.15, -0.1) is 0 Å². The summed E-state index contributed by atoms with van der Waals surface area (Å²) in [5.74, 6) is 0.646. The zero-order valence-electron chi connectivity index (χ0n) is 12.6. The molecule has 1 amide bonds. The van der Waals surface area contributed by atoms with Gasteiger partial charge in [0.1, 0.15) is 5.78 Å². The highest BCUT2D eigenvalue weighted by Crippen LogP contribution is 2.32. The molecule has 1 saturated carbocycles. The number of amides is 1. The van der Waals surface area contributed by atoms with Gasteiger partial charge in [0, 0.05) is 31.5 Å². The number of hydrogen-bond acceptors (Lipinski definition) is 3. The van der Waals surface area contributed by atoms with Crippen molar-refractivity contribution in [2.24, 2.45) is 5.92 Å². The fourth-order valence-electron chi connectivity index (χ4n) is 3.55. The van der Waals surface area contributed by atoms with E-state index in [1.807, 2.05) is 11.8 Å². The molecule has 2 aliphatic rings. The van der Waals surface area contributed by atoms with E-state index < -0.39 is 0 Å². The van der Waals surface area contributed by atoms with Crippen LogP contribution in [0.3, 0.4) is 0 Å².